The molecule has 0 spiro atoms. The zero-order valence-corrected chi connectivity index (χ0v) is 13.9. The highest BCUT2D eigenvalue weighted by molar-refractivity contribution is 7.17. The molecule has 1 atom stereocenters. The van der Waals surface area contributed by atoms with Gasteiger partial charge in [-0.3, -0.25) is 4.40 Å². The molecule has 0 radical (unpaired) electrons. The third-order valence-corrected chi connectivity index (χ3v) is 4.80. The van der Waals surface area contributed by atoms with Crippen molar-refractivity contribution in [2.24, 2.45) is 0 Å². The molecule has 3 nitrogen and oxygen atoms in total. The Kier molecular flexibility index (Phi) is 4.02. The lowest BCUT2D eigenvalue weighted by molar-refractivity contribution is 0.564. The summed E-state index contributed by atoms with van der Waals surface area (Å²) < 4.78 is 2.19. The molecule has 0 saturated carbocycles. The van der Waals surface area contributed by atoms with E-state index in [4.69, 9.17) is 11.6 Å². The number of imidazole rings is 1. The molecule has 1 N–H and O–H groups in total. The van der Waals surface area contributed by atoms with Gasteiger partial charge in [0, 0.05) is 28.7 Å². The topological polar surface area (TPSA) is 29.3 Å². The Morgan fingerprint density at radius 3 is 2.95 bits per heavy atom. The first-order valence-electron chi connectivity index (χ1n) is 6.97. The number of aromatic nitrogens is 2. The molecule has 1 aromatic carbocycles. The summed E-state index contributed by atoms with van der Waals surface area (Å²) in [6.45, 7) is 7.12. The predicted octanol–water partition coefficient (Wildman–Crippen LogP) is 4.52. The van der Waals surface area contributed by atoms with Crippen molar-refractivity contribution in [2.45, 2.75) is 33.4 Å². The molecule has 2 aromatic heterocycles. The minimum Gasteiger partial charge on any atom is -0.305 e. The first kappa shape index (κ1) is 14.6. The van der Waals surface area contributed by atoms with Gasteiger partial charge in [-0.1, -0.05) is 23.7 Å². The highest BCUT2D eigenvalue weighted by atomic mass is 35.5. The minimum atomic E-state index is 0.244. The van der Waals surface area contributed by atoms with Crippen molar-refractivity contribution in [2.75, 3.05) is 0 Å². The Labute approximate surface area is 133 Å². The smallest absolute Gasteiger partial charge is 0.194 e. The molecule has 0 aliphatic rings. The van der Waals surface area contributed by atoms with E-state index in [0.29, 0.717) is 0 Å². The number of fused-ring (bicyclic) bond motifs is 1. The Bertz CT molecular complexity index is 775. The van der Waals surface area contributed by atoms with E-state index in [1.54, 1.807) is 11.3 Å². The van der Waals surface area contributed by atoms with Crippen molar-refractivity contribution in [3.8, 4) is 0 Å². The molecular formula is C16H18ClN3S. The molecule has 0 fully saturated rings. The quantitative estimate of drug-likeness (QED) is 0.766. The molecule has 0 unspecified atom stereocenters. The van der Waals surface area contributed by atoms with Gasteiger partial charge in [-0.25, -0.2) is 4.98 Å². The Balaban J connectivity index is 1.78. The van der Waals surface area contributed by atoms with Crippen LogP contribution in [0.25, 0.3) is 4.96 Å². The van der Waals surface area contributed by atoms with Crippen molar-refractivity contribution in [1.29, 1.82) is 0 Å². The summed E-state index contributed by atoms with van der Waals surface area (Å²) in [5.74, 6) is 0. The Hall–Kier alpha value is -1.36. The molecule has 3 aromatic rings. The first-order chi connectivity index (χ1) is 10.0. The van der Waals surface area contributed by atoms with Gasteiger partial charge in [0.25, 0.3) is 0 Å². The number of thiazole rings is 1. The van der Waals surface area contributed by atoms with Crippen LogP contribution < -0.4 is 5.32 Å². The van der Waals surface area contributed by atoms with Crippen LogP contribution in [0.2, 0.25) is 5.02 Å². The molecule has 0 saturated heterocycles. The molecule has 110 valence electrons. The highest BCUT2D eigenvalue weighted by Crippen LogP contribution is 2.22. The number of nitrogens with one attached hydrogen (secondary N) is 1. The molecule has 0 amide bonds. The van der Waals surface area contributed by atoms with Gasteiger partial charge in [0.05, 0.1) is 11.4 Å². The van der Waals surface area contributed by atoms with Gasteiger partial charge in [0.2, 0.25) is 0 Å². The number of hydrogen-bond acceptors (Lipinski definition) is 3. The van der Waals surface area contributed by atoms with Gasteiger partial charge in [-0.2, -0.15) is 0 Å². The average molecular weight is 320 g/mol. The molecule has 21 heavy (non-hydrogen) atoms. The molecule has 5 heteroatoms. The van der Waals surface area contributed by atoms with Crippen LogP contribution in [0.4, 0.5) is 0 Å². The second-order valence-electron chi connectivity index (χ2n) is 5.30. The van der Waals surface area contributed by atoms with E-state index in [2.05, 4.69) is 47.7 Å². The second-order valence-corrected chi connectivity index (χ2v) is 6.95. The lowest BCUT2D eigenvalue weighted by Crippen LogP contribution is -2.19. The summed E-state index contributed by atoms with van der Waals surface area (Å²) in [5.41, 5.74) is 3.51. The number of hydrogen-bond donors (Lipinski definition) is 1. The normalized spacial score (nSPS) is 13.0. The second kappa shape index (κ2) is 5.79. The van der Waals surface area contributed by atoms with Crippen molar-refractivity contribution >= 4 is 27.9 Å². The summed E-state index contributed by atoms with van der Waals surface area (Å²) in [5, 5.41) is 4.33. The SMILES string of the molecule is Cc1cn2c(CN[C@@H](C)c3cccc(Cl)c3)c(C)nc2s1. The van der Waals surface area contributed by atoms with Crippen LogP contribution >= 0.6 is 22.9 Å². The van der Waals surface area contributed by atoms with Crippen LogP contribution in [0.5, 0.6) is 0 Å². The fourth-order valence-corrected chi connectivity index (χ4v) is 3.55. The fourth-order valence-electron chi connectivity index (χ4n) is 2.47. The maximum Gasteiger partial charge on any atom is 0.194 e. The number of halogens is 1. The fraction of sp³-hybridized carbons (Fsp3) is 0.312. The summed E-state index contributed by atoms with van der Waals surface area (Å²) in [7, 11) is 0. The summed E-state index contributed by atoms with van der Waals surface area (Å²) in [6.07, 6.45) is 2.15. The van der Waals surface area contributed by atoms with Gasteiger partial charge < -0.3 is 5.32 Å². The van der Waals surface area contributed by atoms with E-state index >= 15 is 0 Å². The van der Waals surface area contributed by atoms with Gasteiger partial charge in [-0.15, -0.1) is 11.3 Å². The number of benzene rings is 1. The largest absolute Gasteiger partial charge is 0.305 e. The summed E-state index contributed by atoms with van der Waals surface area (Å²) in [6, 6.07) is 8.23. The third kappa shape index (κ3) is 2.98. The van der Waals surface area contributed by atoms with Crippen LogP contribution in [0.1, 0.15) is 34.8 Å². The molecule has 0 aliphatic carbocycles. The third-order valence-electron chi connectivity index (χ3n) is 3.67. The van der Waals surface area contributed by atoms with Crippen molar-refractivity contribution < 1.29 is 0 Å². The Morgan fingerprint density at radius 1 is 1.38 bits per heavy atom. The molecule has 0 aliphatic heterocycles. The summed E-state index contributed by atoms with van der Waals surface area (Å²) >= 11 is 7.78. The van der Waals surface area contributed by atoms with Gasteiger partial charge in [-0.05, 0) is 38.5 Å². The van der Waals surface area contributed by atoms with Gasteiger partial charge in [0.1, 0.15) is 0 Å². The average Bonchev–Trinajstić information content (AvgIpc) is 2.91. The van der Waals surface area contributed by atoms with E-state index in [9.17, 15) is 0 Å². The maximum absolute atomic E-state index is 6.05. The predicted molar refractivity (Wildman–Crippen MR) is 89.2 cm³/mol. The van der Waals surface area contributed by atoms with Crippen molar-refractivity contribution in [1.82, 2.24) is 14.7 Å². The van der Waals surface area contributed by atoms with E-state index in [0.717, 1.165) is 22.2 Å². The molecule has 2 heterocycles. The minimum absolute atomic E-state index is 0.244. The zero-order valence-electron chi connectivity index (χ0n) is 12.4. The van der Waals surface area contributed by atoms with Crippen LogP contribution in [-0.4, -0.2) is 9.38 Å². The van der Waals surface area contributed by atoms with E-state index in [1.165, 1.54) is 16.1 Å². The first-order valence-corrected chi connectivity index (χ1v) is 8.17. The van der Waals surface area contributed by atoms with Gasteiger partial charge in [0.15, 0.2) is 4.96 Å². The van der Waals surface area contributed by atoms with E-state index in [1.807, 2.05) is 18.2 Å². The van der Waals surface area contributed by atoms with Crippen LogP contribution in [-0.2, 0) is 6.54 Å². The van der Waals surface area contributed by atoms with Crippen molar-refractivity contribution in [3.63, 3.8) is 0 Å². The van der Waals surface area contributed by atoms with E-state index in [-0.39, 0.29) is 6.04 Å². The zero-order chi connectivity index (χ0) is 15.0. The Morgan fingerprint density at radius 2 is 2.19 bits per heavy atom. The number of nitrogens with zero attached hydrogens (tertiary/aromatic N) is 2. The van der Waals surface area contributed by atoms with E-state index < -0.39 is 0 Å². The molecule has 0 bridgehead atoms. The standard InChI is InChI=1S/C16H18ClN3S/c1-10-9-20-15(12(3)19-16(20)21-10)8-18-11(2)13-5-4-6-14(17)7-13/h4-7,9,11,18H,8H2,1-3H3/t11-/m0/s1. The number of rotatable bonds is 4. The lowest BCUT2D eigenvalue weighted by atomic mass is 10.1. The number of aryl methyl sites for hydroxylation is 2. The van der Waals surface area contributed by atoms with Crippen LogP contribution in [0, 0.1) is 13.8 Å². The monoisotopic (exact) mass is 319 g/mol. The lowest BCUT2D eigenvalue weighted by Gasteiger charge is -2.14. The molecular weight excluding hydrogens is 302 g/mol. The van der Waals surface area contributed by atoms with Crippen LogP contribution in [0.15, 0.2) is 30.5 Å². The van der Waals surface area contributed by atoms with Crippen molar-refractivity contribution in [3.05, 3.63) is 57.3 Å². The molecule has 3 rings (SSSR count). The van der Waals surface area contributed by atoms with Crippen LogP contribution in [0.3, 0.4) is 0 Å². The highest BCUT2D eigenvalue weighted by Gasteiger charge is 2.12. The summed E-state index contributed by atoms with van der Waals surface area (Å²) in [4.78, 5) is 6.97. The van der Waals surface area contributed by atoms with Gasteiger partial charge >= 0.3 is 0 Å². The maximum atomic E-state index is 6.05.